The minimum absolute atomic E-state index is 0.000545. The third kappa shape index (κ3) is 4.71. The van der Waals surface area contributed by atoms with Crippen molar-refractivity contribution in [2.75, 3.05) is 29.4 Å². The minimum Gasteiger partial charge on any atom is -0.360 e. The summed E-state index contributed by atoms with van der Waals surface area (Å²) in [7, 11) is 0. The molecule has 5 heteroatoms. The van der Waals surface area contributed by atoms with Crippen LogP contribution in [-0.4, -0.2) is 31.4 Å². The summed E-state index contributed by atoms with van der Waals surface area (Å²) in [4.78, 5) is 29.5. The molecule has 0 spiro atoms. The van der Waals surface area contributed by atoms with Crippen molar-refractivity contribution in [3.8, 4) is 0 Å². The van der Waals surface area contributed by atoms with Gasteiger partial charge >= 0.3 is 0 Å². The number of nitrogens with one attached hydrogen (secondary N) is 1. The number of benzene rings is 2. The zero-order valence-corrected chi connectivity index (χ0v) is 16.7. The van der Waals surface area contributed by atoms with Gasteiger partial charge in [0, 0.05) is 13.1 Å². The Bertz CT molecular complexity index is 807. The zero-order chi connectivity index (χ0) is 19.9. The monoisotopic (exact) mass is 379 g/mol. The molecule has 1 aliphatic heterocycles. The summed E-state index contributed by atoms with van der Waals surface area (Å²) < 4.78 is 0. The Kier molecular flexibility index (Phi) is 6.69. The van der Waals surface area contributed by atoms with Crippen molar-refractivity contribution in [1.82, 2.24) is 5.32 Å². The molecule has 1 heterocycles. The number of rotatable bonds is 7. The van der Waals surface area contributed by atoms with Gasteiger partial charge in [-0.3, -0.25) is 9.59 Å². The Morgan fingerprint density at radius 1 is 1.07 bits per heavy atom. The maximum absolute atomic E-state index is 13.2. The highest BCUT2D eigenvalue weighted by molar-refractivity contribution is 6.00. The first-order valence-electron chi connectivity index (χ1n) is 10.1. The smallest absolute Gasteiger partial charge is 0.239 e. The fourth-order valence-electron chi connectivity index (χ4n) is 3.56. The number of anilines is 2. The van der Waals surface area contributed by atoms with Gasteiger partial charge in [0.2, 0.25) is 11.8 Å². The van der Waals surface area contributed by atoms with E-state index in [1.54, 1.807) is 0 Å². The lowest BCUT2D eigenvalue weighted by Crippen LogP contribution is -2.40. The molecule has 1 N–H and O–H groups in total. The Morgan fingerprint density at radius 2 is 1.75 bits per heavy atom. The molecule has 28 heavy (non-hydrogen) atoms. The summed E-state index contributed by atoms with van der Waals surface area (Å²) in [5.41, 5.74) is 2.88. The normalized spacial score (nSPS) is 16.5. The highest BCUT2D eigenvalue weighted by Crippen LogP contribution is 2.34. The molecule has 5 nitrogen and oxygen atoms in total. The molecule has 0 radical (unpaired) electrons. The maximum Gasteiger partial charge on any atom is 0.239 e. The van der Waals surface area contributed by atoms with Crippen LogP contribution in [-0.2, 0) is 16.1 Å². The van der Waals surface area contributed by atoms with Crippen LogP contribution in [0.15, 0.2) is 54.6 Å². The van der Waals surface area contributed by atoms with Crippen LogP contribution in [0.4, 0.5) is 11.4 Å². The van der Waals surface area contributed by atoms with Crippen LogP contribution < -0.4 is 15.1 Å². The number of nitrogens with zero attached hydrogens (tertiary/aromatic N) is 2. The molecule has 1 aliphatic rings. The van der Waals surface area contributed by atoms with Crippen molar-refractivity contribution in [3.05, 3.63) is 60.2 Å². The number of para-hydroxylation sites is 2. The molecule has 0 bridgehead atoms. The summed E-state index contributed by atoms with van der Waals surface area (Å²) >= 11 is 0. The van der Waals surface area contributed by atoms with Gasteiger partial charge in [-0.05, 0) is 24.1 Å². The van der Waals surface area contributed by atoms with Crippen molar-refractivity contribution >= 4 is 23.2 Å². The first kappa shape index (κ1) is 19.9. The predicted molar refractivity (Wildman–Crippen MR) is 113 cm³/mol. The first-order chi connectivity index (χ1) is 13.6. The average molecular weight is 380 g/mol. The molecule has 1 atom stereocenters. The van der Waals surface area contributed by atoms with Crippen molar-refractivity contribution in [2.24, 2.45) is 5.92 Å². The second-order valence-electron chi connectivity index (χ2n) is 7.38. The number of fused-ring (bicyclic) bond motifs is 1. The second kappa shape index (κ2) is 9.40. The predicted octanol–water partition coefficient (Wildman–Crippen LogP) is 3.59. The van der Waals surface area contributed by atoms with Gasteiger partial charge in [-0.25, -0.2) is 0 Å². The van der Waals surface area contributed by atoms with Crippen molar-refractivity contribution < 1.29 is 9.59 Å². The Morgan fingerprint density at radius 3 is 2.46 bits per heavy atom. The number of unbranched alkanes of at least 4 members (excludes halogenated alkanes) is 1. The standard InChI is InChI=1S/C23H29N3O2/c1-3-4-14-24-22(27)17-25-15-18(2)23(28)26(16-19-10-6-5-7-11-19)21-13-9-8-12-20(21)25/h5-13,18H,3-4,14-17H2,1-2H3,(H,24,27)/t18-/m0/s1. The van der Waals surface area contributed by atoms with E-state index in [9.17, 15) is 9.59 Å². The topological polar surface area (TPSA) is 52.7 Å². The van der Waals surface area contributed by atoms with Gasteiger partial charge in [0.1, 0.15) is 0 Å². The third-order valence-corrected chi connectivity index (χ3v) is 5.07. The number of carbonyl (C=O) groups excluding carboxylic acids is 2. The summed E-state index contributed by atoms with van der Waals surface area (Å²) in [5, 5.41) is 2.98. The van der Waals surface area contributed by atoms with Crippen LogP contribution in [0, 0.1) is 5.92 Å². The summed E-state index contributed by atoms with van der Waals surface area (Å²) in [6, 6.07) is 17.9. The lowest BCUT2D eigenvalue weighted by molar-refractivity contribution is -0.122. The lowest BCUT2D eigenvalue weighted by Gasteiger charge is -2.26. The first-order valence-corrected chi connectivity index (χ1v) is 10.1. The molecule has 0 saturated heterocycles. The zero-order valence-electron chi connectivity index (χ0n) is 16.7. The molecule has 0 aliphatic carbocycles. The van der Waals surface area contributed by atoms with Gasteiger partial charge in [-0.2, -0.15) is 0 Å². The summed E-state index contributed by atoms with van der Waals surface area (Å²) in [5.74, 6) is -0.107. The van der Waals surface area contributed by atoms with E-state index in [0.29, 0.717) is 19.6 Å². The van der Waals surface area contributed by atoms with Crippen LogP contribution in [0.5, 0.6) is 0 Å². The SMILES string of the molecule is CCCCNC(=O)CN1C[C@H](C)C(=O)N(Cc2ccccc2)c2ccccc21. The average Bonchev–Trinajstić information content (AvgIpc) is 2.80. The van der Waals surface area contributed by atoms with Gasteiger partial charge in [-0.15, -0.1) is 0 Å². The second-order valence-corrected chi connectivity index (χ2v) is 7.38. The van der Waals surface area contributed by atoms with E-state index >= 15 is 0 Å². The molecular formula is C23H29N3O2. The van der Waals surface area contributed by atoms with Crippen LogP contribution in [0.25, 0.3) is 0 Å². The summed E-state index contributed by atoms with van der Waals surface area (Å²) in [6.07, 6.45) is 2.02. The number of amides is 2. The molecule has 0 aromatic heterocycles. The molecule has 0 saturated carbocycles. The van der Waals surface area contributed by atoms with Crippen molar-refractivity contribution in [3.63, 3.8) is 0 Å². The third-order valence-electron chi connectivity index (χ3n) is 5.07. The highest BCUT2D eigenvalue weighted by atomic mass is 16.2. The molecule has 2 amide bonds. The quantitative estimate of drug-likeness (QED) is 0.748. The molecule has 3 rings (SSSR count). The molecule has 0 unspecified atom stereocenters. The van der Waals surface area contributed by atoms with Crippen molar-refractivity contribution in [1.29, 1.82) is 0 Å². The van der Waals surface area contributed by atoms with Crippen LogP contribution in [0.2, 0.25) is 0 Å². The number of hydrogen-bond donors (Lipinski definition) is 1. The minimum atomic E-state index is -0.195. The van der Waals surface area contributed by atoms with Crippen molar-refractivity contribution in [2.45, 2.75) is 33.2 Å². The molecule has 148 valence electrons. The lowest BCUT2D eigenvalue weighted by atomic mass is 10.1. The number of hydrogen-bond acceptors (Lipinski definition) is 3. The maximum atomic E-state index is 13.2. The van der Waals surface area contributed by atoms with Crippen LogP contribution in [0.3, 0.4) is 0 Å². The van der Waals surface area contributed by atoms with Gasteiger partial charge in [0.25, 0.3) is 0 Å². The Balaban J connectivity index is 1.86. The fourth-order valence-corrected chi connectivity index (χ4v) is 3.56. The van der Waals surface area contributed by atoms with Gasteiger partial charge in [0.15, 0.2) is 0 Å². The van der Waals surface area contributed by atoms with E-state index in [4.69, 9.17) is 0 Å². The van der Waals surface area contributed by atoms with Gasteiger partial charge in [0.05, 0.1) is 30.4 Å². The van der Waals surface area contributed by atoms with E-state index in [1.807, 2.05) is 71.3 Å². The fraction of sp³-hybridized carbons (Fsp3) is 0.391. The van der Waals surface area contributed by atoms with Gasteiger partial charge in [-0.1, -0.05) is 62.7 Å². The van der Waals surface area contributed by atoms with E-state index < -0.39 is 0 Å². The Hall–Kier alpha value is -2.82. The van der Waals surface area contributed by atoms with E-state index in [2.05, 4.69) is 12.2 Å². The van der Waals surface area contributed by atoms with E-state index in [0.717, 1.165) is 29.8 Å². The van der Waals surface area contributed by atoms with Crippen LogP contribution in [0.1, 0.15) is 32.3 Å². The van der Waals surface area contributed by atoms with Gasteiger partial charge < -0.3 is 15.1 Å². The molecule has 2 aromatic carbocycles. The largest absolute Gasteiger partial charge is 0.360 e. The molecule has 0 fully saturated rings. The highest BCUT2D eigenvalue weighted by Gasteiger charge is 2.31. The van der Waals surface area contributed by atoms with E-state index in [1.165, 1.54) is 0 Å². The van der Waals surface area contributed by atoms with E-state index in [-0.39, 0.29) is 24.3 Å². The van der Waals surface area contributed by atoms with Crippen LogP contribution >= 0.6 is 0 Å². The number of carbonyl (C=O) groups is 2. The molecular weight excluding hydrogens is 350 g/mol. The Labute approximate surface area is 167 Å². The molecule has 2 aromatic rings. The summed E-state index contributed by atoms with van der Waals surface area (Å²) in [6.45, 7) is 6.05.